The average Bonchev–Trinajstić information content (AvgIpc) is 2.01. The lowest BCUT2D eigenvalue weighted by Crippen LogP contribution is -2.65. The molecule has 69 valence electrons. The fraction of sp³-hybridized carbons (Fsp3) is 1.00. The predicted molar refractivity (Wildman–Crippen MR) is 47.0 cm³/mol. The second kappa shape index (κ2) is 2.24. The van der Waals surface area contributed by atoms with E-state index in [2.05, 4.69) is 20.8 Å². The van der Waals surface area contributed by atoms with Gasteiger partial charge in [-0.05, 0) is 52.4 Å². The van der Waals surface area contributed by atoms with Crippen LogP contribution in [0.3, 0.4) is 0 Å². The molecule has 1 radical (unpaired) electrons. The number of piperidine rings is 2. The lowest BCUT2D eigenvalue weighted by atomic mass is 9.64. The maximum atomic E-state index is 11.9. The molecule has 0 atom stereocenters. The summed E-state index contributed by atoms with van der Waals surface area (Å²) in [5.74, 6) is 0.636. The zero-order chi connectivity index (χ0) is 8.98. The number of fused-ring (bicyclic) bond motifs is 3. The van der Waals surface area contributed by atoms with Crippen LogP contribution in [0.25, 0.3) is 0 Å². The number of rotatable bonds is 0. The van der Waals surface area contributed by atoms with Crippen molar-refractivity contribution in [1.82, 2.24) is 5.06 Å². The average molecular weight is 168 g/mol. The Morgan fingerprint density at radius 2 is 1.67 bits per heavy atom. The van der Waals surface area contributed by atoms with Gasteiger partial charge in [0, 0.05) is 11.1 Å². The van der Waals surface area contributed by atoms with E-state index in [1.54, 1.807) is 0 Å². The molecule has 2 heterocycles. The van der Waals surface area contributed by atoms with E-state index in [-0.39, 0.29) is 11.1 Å². The Hall–Kier alpha value is -0.0800. The third kappa shape index (κ3) is 0.882. The van der Waals surface area contributed by atoms with Gasteiger partial charge in [-0.3, -0.25) is 0 Å². The molecular weight excluding hydrogens is 150 g/mol. The largest absolute Gasteiger partial charge is 0.143 e. The van der Waals surface area contributed by atoms with Crippen LogP contribution in [0.5, 0.6) is 0 Å². The highest BCUT2D eigenvalue weighted by Crippen LogP contribution is 2.50. The van der Waals surface area contributed by atoms with Crippen LogP contribution < -0.4 is 0 Å². The molecule has 2 nitrogen and oxygen atoms in total. The fourth-order valence-electron chi connectivity index (χ4n) is 3.01. The molecule has 1 saturated carbocycles. The van der Waals surface area contributed by atoms with E-state index in [0.29, 0.717) is 5.92 Å². The zero-order valence-electron chi connectivity index (χ0n) is 8.26. The zero-order valence-corrected chi connectivity index (χ0v) is 8.26. The lowest BCUT2D eigenvalue weighted by molar-refractivity contribution is -0.325. The first-order chi connectivity index (χ1) is 5.47. The van der Waals surface area contributed by atoms with Gasteiger partial charge in [-0.25, -0.2) is 0 Å². The number of hydroxylamine groups is 2. The monoisotopic (exact) mass is 168 g/mol. The van der Waals surface area contributed by atoms with Crippen LogP contribution in [0, 0.1) is 5.92 Å². The van der Waals surface area contributed by atoms with Crippen molar-refractivity contribution in [2.45, 2.75) is 57.5 Å². The van der Waals surface area contributed by atoms with Gasteiger partial charge in [-0.15, -0.1) is 10.3 Å². The Labute approximate surface area is 74.5 Å². The quantitative estimate of drug-likeness (QED) is 0.544. The molecule has 0 spiro atoms. The standard InChI is InChI=1S/C10H18NO/c1-9(2)8-4-6-10(3,7-5-8)11(9)12/h8H,4-7H2,1-3H3. The molecule has 0 aromatic rings. The SMILES string of the molecule is CC12CCC(CC1)C(C)(C)N2[O]. The minimum absolute atomic E-state index is 0.0434. The van der Waals surface area contributed by atoms with Crippen molar-refractivity contribution in [3.8, 4) is 0 Å². The summed E-state index contributed by atoms with van der Waals surface area (Å²) in [6, 6.07) is 0. The molecule has 0 N–H and O–H groups in total. The molecule has 0 aromatic carbocycles. The van der Waals surface area contributed by atoms with Crippen molar-refractivity contribution in [3.63, 3.8) is 0 Å². The molecule has 2 aliphatic heterocycles. The molecule has 3 fully saturated rings. The summed E-state index contributed by atoms with van der Waals surface area (Å²) in [6.07, 6.45) is 4.71. The van der Waals surface area contributed by atoms with Gasteiger partial charge in [0.15, 0.2) is 0 Å². The van der Waals surface area contributed by atoms with Gasteiger partial charge in [-0.2, -0.15) is 0 Å². The highest BCUT2D eigenvalue weighted by atomic mass is 16.5. The summed E-state index contributed by atoms with van der Waals surface area (Å²) in [6.45, 7) is 6.32. The first kappa shape index (κ1) is 8.52. The molecule has 0 aromatic heterocycles. The van der Waals surface area contributed by atoms with Crippen molar-refractivity contribution in [2.24, 2.45) is 5.92 Å². The summed E-state index contributed by atoms with van der Waals surface area (Å²) in [5.41, 5.74) is -0.149. The summed E-state index contributed by atoms with van der Waals surface area (Å²) in [7, 11) is 0. The molecule has 1 aliphatic carbocycles. The van der Waals surface area contributed by atoms with Crippen molar-refractivity contribution in [3.05, 3.63) is 0 Å². The van der Waals surface area contributed by atoms with Gasteiger partial charge >= 0.3 is 0 Å². The third-order valence-electron chi connectivity index (χ3n) is 4.08. The van der Waals surface area contributed by atoms with Gasteiger partial charge in [0.1, 0.15) is 0 Å². The molecule has 2 bridgehead atoms. The number of hydrogen-bond donors (Lipinski definition) is 0. The fourth-order valence-corrected chi connectivity index (χ4v) is 3.01. The molecule has 2 saturated heterocycles. The topological polar surface area (TPSA) is 23.1 Å². The van der Waals surface area contributed by atoms with Crippen LogP contribution in [0.4, 0.5) is 0 Å². The van der Waals surface area contributed by atoms with Crippen LogP contribution in [0.2, 0.25) is 0 Å². The smallest absolute Gasteiger partial charge is 0.0472 e. The molecule has 12 heavy (non-hydrogen) atoms. The minimum atomic E-state index is -0.106. The molecule has 0 unspecified atom stereocenters. The summed E-state index contributed by atoms with van der Waals surface area (Å²) >= 11 is 0. The van der Waals surface area contributed by atoms with Crippen LogP contribution in [-0.2, 0) is 5.21 Å². The Bertz CT molecular complexity index is 187. The van der Waals surface area contributed by atoms with Gasteiger partial charge in [0.25, 0.3) is 0 Å². The highest BCUT2D eigenvalue weighted by Gasteiger charge is 2.53. The van der Waals surface area contributed by atoms with E-state index >= 15 is 0 Å². The number of hydrogen-bond acceptors (Lipinski definition) is 1. The predicted octanol–water partition coefficient (Wildman–Crippen LogP) is 2.38. The molecule has 0 amide bonds. The maximum Gasteiger partial charge on any atom is 0.0472 e. The molecule has 3 aliphatic rings. The Balaban J connectivity index is 2.32. The van der Waals surface area contributed by atoms with Gasteiger partial charge in [0.05, 0.1) is 0 Å². The second-order valence-electron chi connectivity index (χ2n) is 5.22. The van der Waals surface area contributed by atoms with Gasteiger partial charge in [0.2, 0.25) is 0 Å². The van der Waals surface area contributed by atoms with Gasteiger partial charge < -0.3 is 0 Å². The van der Waals surface area contributed by atoms with E-state index in [1.165, 1.54) is 17.9 Å². The van der Waals surface area contributed by atoms with E-state index in [1.807, 2.05) is 0 Å². The third-order valence-corrected chi connectivity index (χ3v) is 4.08. The lowest BCUT2D eigenvalue weighted by Gasteiger charge is -2.57. The van der Waals surface area contributed by atoms with Crippen LogP contribution in [0.15, 0.2) is 0 Å². The maximum absolute atomic E-state index is 11.9. The van der Waals surface area contributed by atoms with Crippen LogP contribution in [-0.4, -0.2) is 16.1 Å². The van der Waals surface area contributed by atoms with E-state index in [4.69, 9.17) is 0 Å². The summed E-state index contributed by atoms with van der Waals surface area (Å²) in [4.78, 5) is 0. The van der Waals surface area contributed by atoms with Crippen molar-refractivity contribution in [1.29, 1.82) is 0 Å². The van der Waals surface area contributed by atoms with Crippen molar-refractivity contribution < 1.29 is 5.21 Å². The van der Waals surface area contributed by atoms with Crippen molar-refractivity contribution in [2.75, 3.05) is 0 Å². The molecule has 3 rings (SSSR count). The van der Waals surface area contributed by atoms with Gasteiger partial charge in [-0.1, -0.05) is 0 Å². The Morgan fingerprint density at radius 1 is 1.17 bits per heavy atom. The van der Waals surface area contributed by atoms with Crippen LogP contribution >= 0.6 is 0 Å². The number of nitrogens with zero attached hydrogens (tertiary/aromatic N) is 1. The van der Waals surface area contributed by atoms with Crippen molar-refractivity contribution >= 4 is 0 Å². The molecular formula is C10H18NO. The Morgan fingerprint density at radius 3 is 2.00 bits per heavy atom. The van der Waals surface area contributed by atoms with Crippen LogP contribution in [0.1, 0.15) is 46.5 Å². The summed E-state index contributed by atoms with van der Waals surface area (Å²) in [5, 5.41) is 13.3. The Kier molecular flexibility index (Phi) is 1.59. The normalized spacial score (nSPS) is 46.5. The second-order valence-corrected chi connectivity index (χ2v) is 5.22. The highest BCUT2D eigenvalue weighted by molar-refractivity contribution is 5.04. The molecule has 2 heteroatoms. The first-order valence-corrected chi connectivity index (χ1v) is 4.94. The minimum Gasteiger partial charge on any atom is -0.143 e. The van der Waals surface area contributed by atoms with E-state index in [0.717, 1.165) is 12.8 Å². The first-order valence-electron chi connectivity index (χ1n) is 4.94. The van der Waals surface area contributed by atoms with E-state index < -0.39 is 0 Å². The summed E-state index contributed by atoms with van der Waals surface area (Å²) < 4.78 is 0. The van der Waals surface area contributed by atoms with E-state index in [9.17, 15) is 5.21 Å².